The minimum atomic E-state index is -0.916. The number of hydrogen-bond donors (Lipinski definition) is 3. The average molecular weight is 302 g/mol. The molecule has 0 bridgehead atoms. The van der Waals surface area contributed by atoms with E-state index in [1.165, 1.54) is 24.3 Å². The van der Waals surface area contributed by atoms with E-state index in [1.54, 1.807) is 24.3 Å². The van der Waals surface area contributed by atoms with Crippen LogP contribution in [0, 0.1) is 5.82 Å². The van der Waals surface area contributed by atoms with Crippen LogP contribution in [0.4, 0.5) is 10.1 Å². The first-order valence-corrected chi connectivity index (χ1v) is 6.62. The fourth-order valence-electron chi connectivity index (χ4n) is 1.88. The Bertz CT molecular complexity index is 641. The van der Waals surface area contributed by atoms with E-state index in [1.807, 2.05) is 0 Å². The molecule has 0 aliphatic carbocycles. The highest BCUT2D eigenvalue weighted by Gasteiger charge is 2.11. The maximum atomic E-state index is 12.8. The number of halogens is 1. The van der Waals surface area contributed by atoms with Crippen molar-refractivity contribution in [3.8, 4) is 0 Å². The molecule has 0 saturated carbocycles. The molecular weight excluding hydrogens is 287 g/mol. The van der Waals surface area contributed by atoms with E-state index in [4.69, 9.17) is 0 Å². The molecule has 0 fully saturated rings. The Morgan fingerprint density at radius 2 is 1.77 bits per heavy atom. The summed E-state index contributed by atoms with van der Waals surface area (Å²) in [6, 6.07) is 11.7. The third kappa shape index (κ3) is 4.13. The van der Waals surface area contributed by atoms with Crippen LogP contribution in [0.2, 0.25) is 0 Å². The topological polar surface area (TPSA) is 78.4 Å². The largest absolute Gasteiger partial charge is 0.387 e. The molecule has 0 aromatic heterocycles. The highest BCUT2D eigenvalue weighted by Crippen LogP contribution is 2.13. The minimum Gasteiger partial charge on any atom is -0.387 e. The van der Waals surface area contributed by atoms with Gasteiger partial charge in [0, 0.05) is 17.8 Å². The van der Waals surface area contributed by atoms with Crippen LogP contribution < -0.4 is 10.6 Å². The zero-order valence-electron chi connectivity index (χ0n) is 11.6. The molecule has 0 aliphatic heterocycles. The summed E-state index contributed by atoms with van der Waals surface area (Å²) in [5, 5.41) is 15.0. The van der Waals surface area contributed by atoms with Gasteiger partial charge in [-0.3, -0.25) is 9.59 Å². The molecule has 0 saturated heterocycles. The molecule has 114 valence electrons. The molecular formula is C16H15FN2O3. The van der Waals surface area contributed by atoms with Gasteiger partial charge in [0.15, 0.2) is 0 Å². The van der Waals surface area contributed by atoms with Crippen LogP contribution in [-0.4, -0.2) is 24.0 Å². The molecule has 0 aliphatic rings. The van der Waals surface area contributed by atoms with Crippen molar-refractivity contribution >= 4 is 18.0 Å². The number of anilines is 1. The van der Waals surface area contributed by atoms with Gasteiger partial charge in [-0.2, -0.15) is 0 Å². The van der Waals surface area contributed by atoms with Crippen molar-refractivity contribution in [1.29, 1.82) is 0 Å². The van der Waals surface area contributed by atoms with Gasteiger partial charge >= 0.3 is 0 Å². The van der Waals surface area contributed by atoms with Crippen molar-refractivity contribution in [1.82, 2.24) is 5.32 Å². The normalized spacial score (nSPS) is 11.5. The lowest BCUT2D eigenvalue weighted by Gasteiger charge is -2.12. The summed E-state index contributed by atoms with van der Waals surface area (Å²) in [6.07, 6.45) is -0.366. The van der Waals surface area contributed by atoms with Gasteiger partial charge in [-0.05, 0) is 42.0 Å². The zero-order chi connectivity index (χ0) is 15.9. The first-order chi connectivity index (χ1) is 10.6. The molecule has 2 aromatic rings. The first kappa shape index (κ1) is 15.7. The number of rotatable bonds is 6. The van der Waals surface area contributed by atoms with E-state index in [2.05, 4.69) is 10.6 Å². The predicted molar refractivity (Wildman–Crippen MR) is 79.8 cm³/mol. The molecule has 0 heterocycles. The van der Waals surface area contributed by atoms with E-state index in [9.17, 15) is 19.1 Å². The molecule has 22 heavy (non-hydrogen) atoms. The standard InChI is InChI=1S/C16H15FN2O3/c17-13-5-1-11(2-6-13)15(21)9-18-16(22)12-3-7-14(8-4-12)19-10-20/h1-8,10,15,21H,9H2,(H,18,22)(H,19,20). The summed E-state index contributed by atoms with van der Waals surface area (Å²) in [4.78, 5) is 22.2. The van der Waals surface area contributed by atoms with Gasteiger partial charge in [-0.25, -0.2) is 4.39 Å². The van der Waals surface area contributed by atoms with E-state index in [-0.39, 0.29) is 18.3 Å². The van der Waals surface area contributed by atoms with Gasteiger partial charge in [-0.15, -0.1) is 0 Å². The number of nitrogens with one attached hydrogen (secondary N) is 2. The Labute approximate surface area is 126 Å². The predicted octanol–water partition coefficient (Wildman–Crippen LogP) is 1.86. The quantitative estimate of drug-likeness (QED) is 0.713. The van der Waals surface area contributed by atoms with E-state index >= 15 is 0 Å². The fraction of sp³-hybridized carbons (Fsp3) is 0.125. The summed E-state index contributed by atoms with van der Waals surface area (Å²) < 4.78 is 12.8. The second kappa shape index (κ2) is 7.33. The average Bonchev–Trinajstić information content (AvgIpc) is 2.54. The molecule has 1 atom stereocenters. The van der Waals surface area contributed by atoms with Crippen LogP contribution in [0.5, 0.6) is 0 Å². The van der Waals surface area contributed by atoms with E-state index < -0.39 is 6.10 Å². The van der Waals surface area contributed by atoms with Crippen LogP contribution in [0.1, 0.15) is 22.0 Å². The van der Waals surface area contributed by atoms with Gasteiger partial charge in [0.25, 0.3) is 5.91 Å². The van der Waals surface area contributed by atoms with Gasteiger partial charge in [0.1, 0.15) is 5.82 Å². The molecule has 0 spiro atoms. The van der Waals surface area contributed by atoms with Gasteiger partial charge in [0.2, 0.25) is 6.41 Å². The molecule has 0 radical (unpaired) electrons. The van der Waals surface area contributed by atoms with Crippen molar-refractivity contribution in [3.05, 3.63) is 65.5 Å². The fourth-order valence-corrected chi connectivity index (χ4v) is 1.88. The second-order valence-corrected chi connectivity index (χ2v) is 4.62. The maximum Gasteiger partial charge on any atom is 0.251 e. The number of aliphatic hydroxyl groups is 1. The lowest BCUT2D eigenvalue weighted by Crippen LogP contribution is -2.28. The van der Waals surface area contributed by atoms with Crippen molar-refractivity contribution < 1.29 is 19.1 Å². The van der Waals surface area contributed by atoms with Gasteiger partial charge in [0.05, 0.1) is 6.10 Å². The van der Waals surface area contributed by atoms with Crippen molar-refractivity contribution in [3.63, 3.8) is 0 Å². The van der Waals surface area contributed by atoms with Crippen LogP contribution in [0.25, 0.3) is 0 Å². The van der Waals surface area contributed by atoms with E-state index in [0.717, 1.165) is 0 Å². The SMILES string of the molecule is O=CNc1ccc(C(=O)NCC(O)c2ccc(F)cc2)cc1. The Balaban J connectivity index is 1.91. The van der Waals surface area contributed by atoms with Crippen LogP contribution in [0.15, 0.2) is 48.5 Å². The number of carbonyl (C=O) groups is 2. The maximum absolute atomic E-state index is 12.8. The Kier molecular flexibility index (Phi) is 5.21. The summed E-state index contributed by atoms with van der Waals surface area (Å²) in [6.45, 7) is 0.0127. The summed E-state index contributed by atoms with van der Waals surface area (Å²) >= 11 is 0. The first-order valence-electron chi connectivity index (χ1n) is 6.62. The Morgan fingerprint density at radius 3 is 2.36 bits per heavy atom. The van der Waals surface area contributed by atoms with Crippen LogP contribution in [-0.2, 0) is 4.79 Å². The second-order valence-electron chi connectivity index (χ2n) is 4.62. The zero-order valence-corrected chi connectivity index (χ0v) is 11.6. The Hall–Kier alpha value is -2.73. The number of benzene rings is 2. The molecule has 6 heteroatoms. The van der Waals surface area contributed by atoms with E-state index in [0.29, 0.717) is 23.2 Å². The molecule has 2 rings (SSSR count). The van der Waals surface area contributed by atoms with Crippen molar-refractivity contribution in [2.75, 3.05) is 11.9 Å². The number of hydrogen-bond acceptors (Lipinski definition) is 3. The molecule has 3 N–H and O–H groups in total. The smallest absolute Gasteiger partial charge is 0.251 e. The third-order valence-corrected chi connectivity index (χ3v) is 3.08. The monoisotopic (exact) mass is 302 g/mol. The summed E-state index contributed by atoms with van der Waals surface area (Å²) in [5.74, 6) is -0.733. The molecule has 1 unspecified atom stereocenters. The molecule has 2 amide bonds. The summed E-state index contributed by atoms with van der Waals surface area (Å²) in [5.41, 5.74) is 1.51. The lowest BCUT2D eigenvalue weighted by molar-refractivity contribution is -0.105. The highest BCUT2D eigenvalue weighted by molar-refractivity contribution is 5.94. The van der Waals surface area contributed by atoms with Crippen LogP contribution >= 0.6 is 0 Å². The number of carbonyl (C=O) groups excluding carboxylic acids is 2. The number of aliphatic hydroxyl groups excluding tert-OH is 1. The summed E-state index contributed by atoms with van der Waals surface area (Å²) in [7, 11) is 0. The number of amides is 2. The lowest BCUT2D eigenvalue weighted by atomic mass is 10.1. The van der Waals surface area contributed by atoms with Crippen molar-refractivity contribution in [2.24, 2.45) is 0 Å². The minimum absolute atomic E-state index is 0.0127. The highest BCUT2D eigenvalue weighted by atomic mass is 19.1. The van der Waals surface area contributed by atoms with Gasteiger partial charge in [-0.1, -0.05) is 12.1 Å². The van der Waals surface area contributed by atoms with Crippen LogP contribution in [0.3, 0.4) is 0 Å². The van der Waals surface area contributed by atoms with Crippen molar-refractivity contribution in [2.45, 2.75) is 6.10 Å². The third-order valence-electron chi connectivity index (χ3n) is 3.08. The van der Waals surface area contributed by atoms with Gasteiger partial charge < -0.3 is 15.7 Å². The molecule has 5 nitrogen and oxygen atoms in total. The molecule has 2 aromatic carbocycles. The Morgan fingerprint density at radius 1 is 1.14 bits per heavy atom.